The maximum Gasteiger partial charge on any atom is 0.142 e. The zero-order chi connectivity index (χ0) is 14.1. The number of piperidine rings is 1. The number of rotatable bonds is 2. The van der Waals surface area contributed by atoms with Gasteiger partial charge >= 0.3 is 0 Å². The third-order valence-corrected chi connectivity index (χ3v) is 5.94. The molecule has 4 aliphatic rings. The van der Waals surface area contributed by atoms with Crippen LogP contribution in [0.5, 0.6) is 0 Å². The van der Waals surface area contributed by atoms with E-state index in [-0.39, 0.29) is 11.9 Å². The average Bonchev–Trinajstić information content (AvgIpc) is 3.10. The molecule has 0 aromatic carbocycles. The maximum absolute atomic E-state index is 6.04. The van der Waals surface area contributed by atoms with E-state index in [1.165, 1.54) is 45.1 Å². The Hall–Kier alpha value is -0.200. The molecule has 0 amide bonds. The minimum atomic E-state index is -0.171. The number of nitrogens with zero attached hydrogens (tertiary/aromatic N) is 2. The van der Waals surface area contributed by atoms with E-state index in [1.54, 1.807) is 0 Å². The minimum absolute atomic E-state index is 0.0750. The number of nitrogens with one attached hydrogen (secondary N) is 2. The van der Waals surface area contributed by atoms with Crippen LogP contribution >= 0.6 is 0 Å². The lowest BCUT2D eigenvalue weighted by Crippen LogP contribution is -2.75. The van der Waals surface area contributed by atoms with Gasteiger partial charge in [0.2, 0.25) is 0 Å². The number of hydrogen-bond acceptors (Lipinski definition) is 4. The molecule has 1 aliphatic carbocycles. The van der Waals surface area contributed by atoms with Gasteiger partial charge in [0.25, 0.3) is 0 Å². The summed E-state index contributed by atoms with van der Waals surface area (Å²) in [6.07, 6.45) is 8.41. The van der Waals surface area contributed by atoms with Gasteiger partial charge in [-0.05, 0) is 31.6 Å². The molecule has 3 aliphatic heterocycles. The molecule has 3 heterocycles. The lowest BCUT2D eigenvalue weighted by atomic mass is 9.76. The molecule has 0 aromatic rings. The van der Waals surface area contributed by atoms with E-state index in [2.05, 4.69) is 15.5 Å². The fourth-order valence-electron chi connectivity index (χ4n) is 5.00. The molecule has 21 heavy (non-hydrogen) atoms. The summed E-state index contributed by atoms with van der Waals surface area (Å²) in [4.78, 5) is 2.73. The Kier molecular flexibility index (Phi) is 4.20. The highest BCUT2D eigenvalue weighted by atomic mass is 16.5. The first kappa shape index (κ1) is 14.4. The summed E-state index contributed by atoms with van der Waals surface area (Å²) in [5, 5.41) is 12.3. The quantitative estimate of drug-likeness (QED) is 0.778. The van der Waals surface area contributed by atoms with Crippen molar-refractivity contribution in [2.45, 2.75) is 56.5 Å². The van der Waals surface area contributed by atoms with Gasteiger partial charge in [-0.15, -0.1) is 0 Å². The second kappa shape index (κ2) is 6.13. The van der Waals surface area contributed by atoms with Crippen molar-refractivity contribution >= 4 is 0 Å². The van der Waals surface area contributed by atoms with Crippen LogP contribution in [0, 0.1) is 5.92 Å². The molecular weight excluding hydrogens is 264 g/mol. The third kappa shape index (κ3) is 2.53. The Morgan fingerprint density at radius 1 is 1.10 bits per heavy atom. The molecule has 5 heteroatoms. The fraction of sp³-hybridized carbons (Fsp3) is 1.00. The summed E-state index contributed by atoms with van der Waals surface area (Å²) in [6, 6.07) is 0.724. The van der Waals surface area contributed by atoms with Crippen molar-refractivity contribution in [1.29, 1.82) is 0 Å². The SMILES string of the molecule is C1CCC2C(C1)CCCN2C1(C2NCCO2)CNCC[N]1. The van der Waals surface area contributed by atoms with E-state index in [0.29, 0.717) is 0 Å². The van der Waals surface area contributed by atoms with Crippen LogP contribution in [0.15, 0.2) is 0 Å². The molecule has 1 radical (unpaired) electrons. The molecule has 5 nitrogen and oxygen atoms in total. The summed E-state index contributed by atoms with van der Waals surface area (Å²) in [6.45, 7) is 5.83. The summed E-state index contributed by atoms with van der Waals surface area (Å²) < 4.78 is 6.04. The van der Waals surface area contributed by atoms with Crippen molar-refractivity contribution in [1.82, 2.24) is 20.9 Å². The number of hydrogen-bond donors (Lipinski definition) is 2. The van der Waals surface area contributed by atoms with Crippen molar-refractivity contribution in [2.24, 2.45) is 5.92 Å². The van der Waals surface area contributed by atoms with Gasteiger partial charge in [-0.25, -0.2) is 5.32 Å². The molecule has 4 fully saturated rings. The lowest BCUT2D eigenvalue weighted by molar-refractivity contribution is -0.127. The van der Waals surface area contributed by atoms with Crippen molar-refractivity contribution in [3.8, 4) is 0 Å². The largest absolute Gasteiger partial charge is 0.359 e. The van der Waals surface area contributed by atoms with Gasteiger partial charge in [-0.1, -0.05) is 12.8 Å². The summed E-state index contributed by atoms with van der Waals surface area (Å²) in [7, 11) is 0. The molecule has 4 atom stereocenters. The number of likely N-dealkylation sites (tertiary alicyclic amines) is 1. The van der Waals surface area contributed by atoms with Crippen LogP contribution in [0.3, 0.4) is 0 Å². The second-order valence-corrected chi connectivity index (χ2v) is 7.09. The molecule has 2 N–H and O–H groups in total. The predicted molar refractivity (Wildman–Crippen MR) is 82.0 cm³/mol. The zero-order valence-corrected chi connectivity index (χ0v) is 13.0. The highest BCUT2D eigenvalue weighted by Crippen LogP contribution is 2.40. The minimum Gasteiger partial charge on any atom is -0.359 e. The monoisotopic (exact) mass is 293 g/mol. The summed E-state index contributed by atoms with van der Waals surface area (Å²) >= 11 is 0. The average molecular weight is 293 g/mol. The first-order valence-corrected chi connectivity index (χ1v) is 8.91. The van der Waals surface area contributed by atoms with Crippen LogP contribution in [0.1, 0.15) is 38.5 Å². The highest BCUT2D eigenvalue weighted by Gasteiger charge is 2.52. The Bertz CT molecular complexity index is 350. The molecule has 4 rings (SSSR count). The van der Waals surface area contributed by atoms with Crippen molar-refractivity contribution in [3.63, 3.8) is 0 Å². The molecular formula is C16H29N4O. The van der Waals surface area contributed by atoms with E-state index < -0.39 is 0 Å². The molecule has 3 saturated heterocycles. The van der Waals surface area contributed by atoms with Gasteiger partial charge in [0, 0.05) is 38.8 Å². The van der Waals surface area contributed by atoms with E-state index >= 15 is 0 Å². The van der Waals surface area contributed by atoms with Crippen molar-refractivity contribution < 1.29 is 4.74 Å². The summed E-state index contributed by atoms with van der Waals surface area (Å²) in [5.41, 5.74) is -0.171. The van der Waals surface area contributed by atoms with Crippen LogP contribution in [-0.2, 0) is 4.74 Å². The second-order valence-electron chi connectivity index (χ2n) is 7.09. The molecule has 0 spiro atoms. The Morgan fingerprint density at radius 3 is 2.81 bits per heavy atom. The van der Waals surface area contributed by atoms with Gasteiger partial charge in [-0.3, -0.25) is 10.2 Å². The molecule has 1 saturated carbocycles. The first-order valence-electron chi connectivity index (χ1n) is 8.91. The molecule has 4 unspecified atom stereocenters. The van der Waals surface area contributed by atoms with Gasteiger partial charge in [-0.2, -0.15) is 0 Å². The van der Waals surface area contributed by atoms with E-state index in [1.807, 2.05) is 0 Å². The zero-order valence-electron chi connectivity index (χ0n) is 13.0. The van der Waals surface area contributed by atoms with Crippen LogP contribution in [0.2, 0.25) is 0 Å². The van der Waals surface area contributed by atoms with Crippen LogP contribution in [0.4, 0.5) is 0 Å². The smallest absolute Gasteiger partial charge is 0.142 e. The standard InChI is InChI=1S/C16H29N4O/c1-2-6-14-13(4-1)5-3-10-20(14)16(12-17-7-8-19-16)15-18-9-11-21-15/h13-15,17-18H,1-12H2. The van der Waals surface area contributed by atoms with Crippen LogP contribution < -0.4 is 16.0 Å². The van der Waals surface area contributed by atoms with E-state index in [4.69, 9.17) is 10.1 Å². The highest BCUT2D eigenvalue weighted by molar-refractivity contribution is 5.04. The number of ether oxygens (including phenoxy) is 1. The molecule has 0 aromatic heterocycles. The summed E-state index contributed by atoms with van der Waals surface area (Å²) in [5.74, 6) is 0.892. The van der Waals surface area contributed by atoms with Gasteiger partial charge < -0.3 is 10.1 Å². The third-order valence-electron chi connectivity index (χ3n) is 5.94. The Balaban J connectivity index is 1.61. The van der Waals surface area contributed by atoms with Crippen LogP contribution in [-0.4, -0.2) is 62.2 Å². The molecule has 0 bridgehead atoms. The lowest BCUT2D eigenvalue weighted by Gasteiger charge is -2.56. The van der Waals surface area contributed by atoms with Gasteiger partial charge in [0.1, 0.15) is 11.9 Å². The first-order chi connectivity index (χ1) is 10.4. The predicted octanol–water partition coefficient (Wildman–Crippen LogP) is 0.491. The fourth-order valence-corrected chi connectivity index (χ4v) is 5.00. The topological polar surface area (TPSA) is 50.6 Å². The van der Waals surface area contributed by atoms with E-state index in [0.717, 1.165) is 44.7 Å². The van der Waals surface area contributed by atoms with E-state index in [9.17, 15) is 0 Å². The Labute approximate surface area is 128 Å². The van der Waals surface area contributed by atoms with Crippen LogP contribution in [0.25, 0.3) is 0 Å². The van der Waals surface area contributed by atoms with Crippen molar-refractivity contribution in [2.75, 3.05) is 39.3 Å². The number of fused-ring (bicyclic) bond motifs is 1. The Morgan fingerprint density at radius 2 is 2.00 bits per heavy atom. The van der Waals surface area contributed by atoms with Gasteiger partial charge in [0.05, 0.1) is 6.61 Å². The number of piperazine rings is 1. The van der Waals surface area contributed by atoms with Crippen molar-refractivity contribution in [3.05, 3.63) is 0 Å². The van der Waals surface area contributed by atoms with Gasteiger partial charge in [0.15, 0.2) is 0 Å². The maximum atomic E-state index is 6.04. The molecule has 119 valence electrons. The normalized spacial score (nSPS) is 45.4.